The Labute approximate surface area is 98.5 Å². The van der Waals surface area contributed by atoms with Crippen molar-refractivity contribution in [2.24, 2.45) is 5.92 Å². The lowest BCUT2D eigenvalue weighted by Crippen LogP contribution is -2.32. The van der Waals surface area contributed by atoms with Crippen molar-refractivity contribution in [2.75, 3.05) is 5.32 Å². The van der Waals surface area contributed by atoms with Crippen molar-refractivity contribution >= 4 is 22.4 Å². The number of nitrogens with one attached hydrogen (secondary N) is 2. The zero-order chi connectivity index (χ0) is 11.1. The normalized spacial score (nSPS) is 31.9. The molecule has 2 fully saturated rings. The molecule has 4 nitrogen and oxygen atoms in total. The molecule has 0 spiro atoms. The van der Waals surface area contributed by atoms with Crippen molar-refractivity contribution in [3.05, 3.63) is 11.1 Å². The van der Waals surface area contributed by atoms with E-state index < -0.39 is 0 Å². The predicted molar refractivity (Wildman–Crippen MR) is 63.5 cm³/mol. The quantitative estimate of drug-likeness (QED) is 0.820. The van der Waals surface area contributed by atoms with Crippen LogP contribution in [-0.2, 0) is 4.79 Å². The second kappa shape index (κ2) is 3.82. The number of amides is 1. The summed E-state index contributed by atoms with van der Waals surface area (Å²) < 4.78 is 0. The van der Waals surface area contributed by atoms with Gasteiger partial charge in [0.15, 0.2) is 5.13 Å². The third kappa shape index (κ3) is 1.74. The summed E-state index contributed by atoms with van der Waals surface area (Å²) in [6, 6.07) is 0.963. The number of rotatable bonds is 2. The SMILES string of the molecule is Cc1cnc(NC(=O)C2CC3CCC2N3)s1. The van der Waals surface area contributed by atoms with Crippen LogP contribution in [0, 0.1) is 12.8 Å². The Morgan fingerprint density at radius 2 is 2.50 bits per heavy atom. The van der Waals surface area contributed by atoms with Crippen molar-refractivity contribution < 1.29 is 4.79 Å². The minimum Gasteiger partial charge on any atom is -0.310 e. The van der Waals surface area contributed by atoms with Gasteiger partial charge in [0.05, 0.1) is 5.92 Å². The number of carbonyl (C=O) groups excluding carboxylic acids is 1. The average molecular weight is 237 g/mol. The molecule has 0 radical (unpaired) electrons. The number of nitrogens with zero attached hydrogens (tertiary/aromatic N) is 1. The summed E-state index contributed by atoms with van der Waals surface area (Å²) in [6.45, 7) is 1.99. The summed E-state index contributed by atoms with van der Waals surface area (Å²) in [5, 5.41) is 7.12. The molecule has 16 heavy (non-hydrogen) atoms. The van der Waals surface area contributed by atoms with Crippen LogP contribution in [0.4, 0.5) is 5.13 Å². The van der Waals surface area contributed by atoms with Gasteiger partial charge in [-0.25, -0.2) is 4.98 Å². The van der Waals surface area contributed by atoms with Crippen molar-refractivity contribution in [3.8, 4) is 0 Å². The van der Waals surface area contributed by atoms with Crippen LogP contribution in [0.5, 0.6) is 0 Å². The molecule has 2 saturated heterocycles. The molecular weight excluding hydrogens is 222 g/mol. The molecule has 1 aromatic heterocycles. The number of aromatic nitrogens is 1. The Bertz CT molecular complexity index is 417. The van der Waals surface area contributed by atoms with E-state index in [0.717, 1.165) is 22.9 Å². The van der Waals surface area contributed by atoms with E-state index in [2.05, 4.69) is 15.6 Å². The van der Waals surface area contributed by atoms with Gasteiger partial charge in [0, 0.05) is 23.2 Å². The molecule has 5 heteroatoms. The van der Waals surface area contributed by atoms with Gasteiger partial charge in [0.1, 0.15) is 0 Å². The van der Waals surface area contributed by atoms with Gasteiger partial charge in [-0.3, -0.25) is 4.79 Å². The van der Waals surface area contributed by atoms with E-state index in [1.54, 1.807) is 6.20 Å². The summed E-state index contributed by atoms with van der Waals surface area (Å²) in [6.07, 6.45) is 5.14. The van der Waals surface area contributed by atoms with Crippen LogP contribution in [0.15, 0.2) is 6.20 Å². The fraction of sp³-hybridized carbons (Fsp3) is 0.636. The van der Waals surface area contributed by atoms with Gasteiger partial charge >= 0.3 is 0 Å². The van der Waals surface area contributed by atoms with Crippen LogP contribution in [0.3, 0.4) is 0 Å². The first-order valence-electron chi connectivity index (χ1n) is 5.72. The highest BCUT2D eigenvalue weighted by Crippen LogP contribution is 2.34. The first kappa shape index (κ1) is 10.2. The molecule has 2 aliphatic heterocycles. The molecular formula is C11H15N3OS. The van der Waals surface area contributed by atoms with E-state index in [9.17, 15) is 4.79 Å². The zero-order valence-electron chi connectivity index (χ0n) is 9.19. The van der Waals surface area contributed by atoms with E-state index in [-0.39, 0.29) is 11.8 Å². The minimum atomic E-state index is 0.133. The zero-order valence-corrected chi connectivity index (χ0v) is 10.0. The van der Waals surface area contributed by atoms with Crippen LogP contribution in [0.25, 0.3) is 0 Å². The number of aryl methyl sites for hydroxylation is 1. The standard InChI is InChI=1S/C11H15N3OS/c1-6-5-12-11(16-6)14-10(15)8-4-7-2-3-9(8)13-7/h5,7-9,13H,2-4H2,1H3,(H,12,14,15). The molecule has 2 aliphatic rings. The molecule has 0 aliphatic carbocycles. The highest BCUT2D eigenvalue weighted by atomic mass is 32.1. The third-order valence-electron chi connectivity index (χ3n) is 3.49. The molecule has 3 atom stereocenters. The molecule has 86 valence electrons. The molecule has 2 N–H and O–H groups in total. The maximum atomic E-state index is 12.0. The second-order valence-corrected chi connectivity index (χ2v) is 5.89. The molecule has 1 amide bonds. The summed E-state index contributed by atoms with van der Waals surface area (Å²) in [4.78, 5) is 17.3. The first-order valence-corrected chi connectivity index (χ1v) is 6.53. The number of hydrogen-bond acceptors (Lipinski definition) is 4. The Morgan fingerprint density at radius 1 is 1.62 bits per heavy atom. The highest BCUT2D eigenvalue weighted by molar-refractivity contribution is 7.15. The van der Waals surface area contributed by atoms with Gasteiger partial charge < -0.3 is 10.6 Å². The van der Waals surface area contributed by atoms with E-state index in [4.69, 9.17) is 0 Å². The fourth-order valence-electron chi connectivity index (χ4n) is 2.72. The maximum absolute atomic E-state index is 12.0. The number of anilines is 1. The predicted octanol–water partition coefficient (Wildman–Crippen LogP) is 1.53. The topological polar surface area (TPSA) is 54.0 Å². The van der Waals surface area contributed by atoms with Gasteiger partial charge in [0.2, 0.25) is 5.91 Å². The van der Waals surface area contributed by atoms with Gasteiger partial charge in [-0.1, -0.05) is 0 Å². The van der Waals surface area contributed by atoms with Crippen LogP contribution in [0.1, 0.15) is 24.1 Å². The Balaban J connectivity index is 1.65. The summed E-state index contributed by atoms with van der Waals surface area (Å²) in [5.74, 6) is 0.275. The maximum Gasteiger partial charge on any atom is 0.230 e. The molecule has 2 bridgehead atoms. The molecule has 3 unspecified atom stereocenters. The van der Waals surface area contributed by atoms with E-state index in [0.29, 0.717) is 12.1 Å². The molecule has 1 aromatic rings. The number of carbonyl (C=O) groups is 1. The lowest BCUT2D eigenvalue weighted by Gasteiger charge is -2.18. The Hall–Kier alpha value is -0.940. The van der Waals surface area contributed by atoms with Crippen LogP contribution < -0.4 is 10.6 Å². The summed E-state index contributed by atoms with van der Waals surface area (Å²) in [7, 11) is 0. The number of thiazole rings is 1. The lowest BCUT2D eigenvalue weighted by molar-refractivity contribution is -0.120. The Morgan fingerprint density at radius 3 is 3.06 bits per heavy atom. The van der Waals surface area contributed by atoms with Crippen molar-refractivity contribution in [2.45, 2.75) is 38.3 Å². The van der Waals surface area contributed by atoms with Crippen LogP contribution >= 0.6 is 11.3 Å². The molecule has 3 rings (SSSR count). The smallest absolute Gasteiger partial charge is 0.230 e. The monoisotopic (exact) mass is 237 g/mol. The molecule has 0 saturated carbocycles. The number of hydrogen-bond donors (Lipinski definition) is 2. The van der Waals surface area contributed by atoms with E-state index in [1.807, 2.05) is 6.92 Å². The second-order valence-electron chi connectivity index (χ2n) is 4.65. The first-order chi connectivity index (χ1) is 7.72. The number of fused-ring (bicyclic) bond motifs is 2. The summed E-state index contributed by atoms with van der Waals surface area (Å²) in [5.41, 5.74) is 0. The highest BCUT2D eigenvalue weighted by Gasteiger charge is 2.42. The van der Waals surface area contributed by atoms with E-state index in [1.165, 1.54) is 17.8 Å². The summed E-state index contributed by atoms with van der Waals surface area (Å²) >= 11 is 1.53. The van der Waals surface area contributed by atoms with E-state index >= 15 is 0 Å². The Kier molecular flexibility index (Phi) is 2.44. The van der Waals surface area contributed by atoms with Crippen molar-refractivity contribution in [1.82, 2.24) is 10.3 Å². The van der Waals surface area contributed by atoms with Gasteiger partial charge in [0.25, 0.3) is 0 Å². The van der Waals surface area contributed by atoms with Crippen LogP contribution in [-0.4, -0.2) is 23.0 Å². The van der Waals surface area contributed by atoms with Crippen molar-refractivity contribution in [1.29, 1.82) is 0 Å². The van der Waals surface area contributed by atoms with Gasteiger partial charge in [-0.2, -0.15) is 0 Å². The lowest BCUT2D eigenvalue weighted by atomic mass is 9.88. The van der Waals surface area contributed by atoms with Crippen molar-refractivity contribution in [3.63, 3.8) is 0 Å². The van der Waals surface area contributed by atoms with Gasteiger partial charge in [-0.15, -0.1) is 11.3 Å². The average Bonchev–Trinajstić information content (AvgIpc) is 2.93. The largest absolute Gasteiger partial charge is 0.310 e. The van der Waals surface area contributed by atoms with Gasteiger partial charge in [-0.05, 0) is 26.2 Å². The minimum absolute atomic E-state index is 0.133. The molecule has 0 aromatic carbocycles. The fourth-order valence-corrected chi connectivity index (χ4v) is 3.39. The third-order valence-corrected chi connectivity index (χ3v) is 4.32. The van der Waals surface area contributed by atoms with Crippen LogP contribution in [0.2, 0.25) is 0 Å². The molecule has 3 heterocycles.